The van der Waals surface area contributed by atoms with Gasteiger partial charge in [-0.2, -0.15) is 8.78 Å². The highest BCUT2D eigenvalue weighted by Gasteiger charge is 2.33. The maximum atomic E-state index is 12.5. The van der Waals surface area contributed by atoms with E-state index in [9.17, 15) is 22.4 Å². The Kier molecular flexibility index (Phi) is 2.54. The zero-order valence-electron chi connectivity index (χ0n) is 5.89. The molecule has 72 valence electrons. The summed E-state index contributed by atoms with van der Waals surface area (Å²) in [5.41, 5.74) is 0. The standard InChI is InChI=1S/C6H2F4O3/c7-2-3(8)5(10)13-6(4(2)9)12-1-11/h1,5H. The summed E-state index contributed by atoms with van der Waals surface area (Å²) >= 11 is 0. The van der Waals surface area contributed by atoms with Crippen molar-refractivity contribution in [3.05, 3.63) is 23.4 Å². The van der Waals surface area contributed by atoms with Gasteiger partial charge in [-0.05, 0) is 0 Å². The summed E-state index contributed by atoms with van der Waals surface area (Å²) in [4.78, 5) is 9.66. The molecule has 0 N–H and O–H groups in total. The van der Waals surface area contributed by atoms with Crippen LogP contribution in [0.1, 0.15) is 0 Å². The lowest BCUT2D eigenvalue weighted by molar-refractivity contribution is -0.136. The summed E-state index contributed by atoms with van der Waals surface area (Å²) in [5.74, 6) is -7.33. The third kappa shape index (κ3) is 1.63. The van der Waals surface area contributed by atoms with Gasteiger partial charge in [0.2, 0.25) is 17.5 Å². The second-order valence-electron chi connectivity index (χ2n) is 1.91. The molecule has 7 heteroatoms. The molecule has 3 nitrogen and oxygen atoms in total. The Morgan fingerprint density at radius 3 is 2.46 bits per heavy atom. The van der Waals surface area contributed by atoms with Gasteiger partial charge in [-0.15, -0.1) is 0 Å². The van der Waals surface area contributed by atoms with Gasteiger partial charge in [0.05, 0.1) is 0 Å². The van der Waals surface area contributed by atoms with Gasteiger partial charge in [0.1, 0.15) is 0 Å². The highest BCUT2D eigenvalue weighted by Crippen LogP contribution is 2.32. The lowest BCUT2D eigenvalue weighted by Crippen LogP contribution is -2.16. The van der Waals surface area contributed by atoms with E-state index in [1.54, 1.807) is 0 Å². The lowest BCUT2D eigenvalue weighted by atomic mass is 10.3. The first-order valence-electron chi connectivity index (χ1n) is 2.94. The van der Waals surface area contributed by atoms with Crippen molar-refractivity contribution in [2.45, 2.75) is 6.36 Å². The summed E-state index contributed by atoms with van der Waals surface area (Å²) in [6.45, 7) is -0.307. The fraction of sp³-hybridized carbons (Fsp3) is 0.167. The number of rotatable bonds is 2. The van der Waals surface area contributed by atoms with Crippen molar-refractivity contribution in [1.29, 1.82) is 0 Å². The molecule has 0 aromatic carbocycles. The van der Waals surface area contributed by atoms with Crippen LogP contribution in [0, 0.1) is 0 Å². The molecule has 0 amide bonds. The summed E-state index contributed by atoms with van der Waals surface area (Å²) in [5, 5.41) is 0. The van der Waals surface area contributed by atoms with Crippen molar-refractivity contribution < 1.29 is 31.8 Å². The van der Waals surface area contributed by atoms with Crippen LogP contribution in [0.2, 0.25) is 0 Å². The number of ether oxygens (including phenoxy) is 2. The van der Waals surface area contributed by atoms with Gasteiger partial charge in [-0.25, -0.2) is 8.78 Å². The molecular weight excluding hydrogens is 196 g/mol. The first kappa shape index (κ1) is 9.56. The Balaban J connectivity index is 3.03. The van der Waals surface area contributed by atoms with Gasteiger partial charge in [-0.1, -0.05) is 0 Å². The molecule has 0 bridgehead atoms. The molecule has 0 radical (unpaired) electrons. The molecule has 13 heavy (non-hydrogen) atoms. The molecule has 0 saturated carbocycles. The second-order valence-corrected chi connectivity index (χ2v) is 1.91. The largest absolute Gasteiger partial charge is 0.421 e. The smallest absolute Gasteiger partial charge is 0.330 e. The van der Waals surface area contributed by atoms with Crippen LogP contribution >= 0.6 is 0 Å². The van der Waals surface area contributed by atoms with E-state index in [0.29, 0.717) is 0 Å². The Morgan fingerprint density at radius 1 is 1.31 bits per heavy atom. The summed E-state index contributed by atoms with van der Waals surface area (Å²) in [6.07, 6.45) is -2.80. The van der Waals surface area contributed by atoms with Gasteiger partial charge >= 0.3 is 12.4 Å². The van der Waals surface area contributed by atoms with E-state index in [-0.39, 0.29) is 6.47 Å². The monoisotopic (exact) mass is 198 g/mol. The minimum absolute atomic E-state index is 0.307. The van der Waals surface area contributed by atoms with Gasteiger partial charge < -0.3 is 9.47 Å². The second kappa shape index (κ2) is 3.46. The molecular formula is C6H2F4O3. The number of alkyl halides is 1. The molecule has 1 rings (SSSR count). The number of allylic oxidation sites excluding steroid dienone is 2. The molecule has 0 saturated heterocycles. The molecule has 0 aromatic rings. The molecule has 1 aliphatic rings. The van der Waals surface area contributed by atoms with Crippen molar-refractivity contribution in [1.82, 2.24) is 0 Å². The SMILES string of the molecule is O=COC1=C(F)C(F)=C(F)C(F)O1. The Bertz CT molecular complexity index is 296. The van der Waals surface area contributed by atoms with E-state index in [4.69, 9.17) is 0 Å². The average Bonchev–Trinajstić information content (AvgIpc) is 2.11. The van der Waals surface area contributed by atoms with Crippen LogP contribution in [-0.4, -0.2) is 12.8 Å². The van der Waals surface area contributed by atoms with Gasteiger partial charge in [0, 0.05) is 0 Å². The topological polar surface area (TPSA) is 35.5 Å². The van der Waals surface area contributed by atoms with Crippen LogP contribution in [0.25, 0.3) is 0 Å². The molecule has 1 unspecified atom stereocenters. The summed E-state index contributed by atoms with van der Waals surface area (Å²) in [7, 11) is 0. The van der Waals surface area contributed by atoms with Crippen LogP contribution in [0.5, 0.6) is 0 Å². The van der Waals surface area contributed by atoms with Crippen LogP contribution in [0.3, 0.4) is 0 Å². The lowest BCUT2D eigenvalue weighted by Gasteiger charge is -2.15. The number of hydrogen-bond donors (Lipinski definition) is 0. The highest BCUT2D eigenvalue weighted by molar-refractivity contribution is 5.41. The van der Waals surface area contributed by atoms with Crippen molar-refractivity contribution in [2.75, 3.05) is 0 Å². The predicted octanol–water partition coefficient (Wildman–Crippen LogP) is 1.77. The van der Waals surface area contributed by atoms with Gasteiger partial charge in [0.15, 0.2) is 0 Å². The number of halogens is 4. The minimum atomic E-state index is -2.80. The third-order valence-electron chi connectivity index (χ3n) is 1.15. The molecule has 1 heterocycles. The summed E-state index contributed by atoms with van der Waals surface area (Å²) in [6, 6.07) is 0. The predicted molar refractivity (Wildman–Crippen MR) is 30.5 cm³/mol. The van der Waals surface area contributed by atoms with E-state index in [1.165, 1.54) is 0 Å². The minimum Gasteiger partial charge on any atom is -0.421 e. The van der Waals surface area contributed by atoms with Crippen molar-refractivity contribution in [3.8, 4) is 0 Å². The number of carbonyl (C=O) groups excluding carboxylic acids is 1. The van der Waals surface area contributed by atoms with Crippen molar-refractivity contribution in [2.24, 2.45) is 0 Å². The van der Waals surface area contributed by atoms with E-state index >= 15 is 0 Å². The number of hydrogen-bond acceptors (Lipinski definition) is 3. The fourth-order valence-electron chi connectivity index (χ4n) is 0.615. The van der Waals surface area contributed by atoms with E-state index in [0.717, 1.165) is 0 Å². The molecule has 1 atom stereocenters. The Morgan fingerprint density at radius 2 is 1.92 bits per heavy atom. The molecule has 0 aliphatic carbocycles. The normalized spacial score (nSPS) is 22.9. The Labute approximate surface area is 69.2 Å². The van der Waals surface area contributed by atoms with Crippen LogP contribution in [0.4, 0.5) is 17.6 Å². The number of carbonyl (C=O) groups is 1. The van der Waals surface area contributed by atoms with Crippen molar-refractivity contribution >= 4 is 6.47 Å². The fourth-order valence-corrected chi connectivity index (χ4v) is 0.615. The Hall–Kier alpha value is -1.53. The van der Waals surface area contributed by atoms with Crippen LogP contribution < -0.4 is 0 Å². The maximum absolute atomic E-state index is 12.5. The van der Waals surface area contributed by atoms with Crippen LogP contribution in [0.15, 0.2) is 23.4 Å². The molecule has 0 fully saturated rings. The van der Waals surface area contributed by atoms with Crippen LogP contribution in [-0.2, 0) is 14.3 Å². The average molecular weight is 198 g/mol. The van der Waals surface area contributed by atoms with E-state index in [2.05, 4.69) is 9.47 Å². The quantitative estimate of drug-likeness (QED) is 0.501. The van der Waals surface area contributed by atoms with Crippen molar-refractivity contribution in [3.63, 3.8) is 0 Å². The molecule has 0 spiro atoms. The van der Waals surface area contributed by atoms with E-state index in [1.807, 2.05) is 0 Å². The first-order chi connectivity index (χ1) is 6.07. The molecule has 1 aliphatic heterocycles. The first-order valence-corrected chi connectivity index (χ1v) is 2.94. The van der Waals surface area contributed by atoms with Gasteiger partial charge in [-0.3, -0.25) is 4.79 Å². The summed E-state index contributed by atoms with van der Waals surface area (Å²) < 4.78 is 56.8. The maximum Gasteiger partial charge on any atom is 0.330 e. The molecule has 0 aromatic heterocycles. The van der Waals surface area contributed by atoms with Gasteiger partial charge in [0.25, 0.3) is 6.36 Å². The third-order valence-corrected chi connectivity index (χ3v) is 1.15. The van der Waals surface area contributed by atoms with E-state index < -0.39 is 29.8 Å². The highest BCUT2D eigenvalue weighted by atomic mass is 19.2. The zero-order valence-corrected chi connectivity index (χ0v) is 5.89. The zero-order chi connectivity index (χ0) is 10.0.